The Hall–Kier alpha value is -1.88. The summed E-state index contributed by atoms with van der Waals surface area (Å²) >= 11 is 0. The summed E-state index contributed by atoms with van der Waals surface area (Å²) in [6.07, 6.45) is -0.730. The van der Waals surface area contributed by atoms with Crippen LogP contribution in [-0.2, 0) is 9.59 Å². The summed E-state index contributed by atoms with van der Waals surface area (Å²) in [5.41, 5.74) is 1.61. The predicted molar refractivity (Wildman–Crippen MR) is 83.1 cm³/mol. The van der Waals surface area contributed by atoms with E-state index < -0.39 is 17.6 Å². The van der Waals surface area contributed by atoms with Crippen LogP contribution in [-0.4, -0.2) is 28.6 Å². The van der Waals surface area contributed by atoms with Crippen molar-refractivity contribution >= 4 is 17.5 Å². The Balaban J connectivity index is 2.96. The Morgan fingerprint density at radius 1 is 1.29 bits per heavy atom. The summed E-state index contributed by atoms with van der Waals surface area (Å²) < 4.78 is 0. The minimum atomic E-state index is -1.15. The van der Waals surface area contributed by atoms with Gasteiger partial charge < -0.3 is 15.7 Å². The number of benzene rings is 1. The van der Waals surface area contributed by atoms with Crippen LogP contribution in [0.1, 0.15) is 38.3 Å². The number of aliphatic hydroxyl groups excluding tert-OH is 1. The van der Waals surface area contributed by atoms with E-state index in [1.54, 1.807) is 6.92 Å². The third kappa shape index (κ3) is 4.04. The van der Waals surface area contributed by atoms with Gasteiger partial charge in [0.2, 0.25) is 11.8 Å². The zero-order valence-corrected chi connectivity index (χ0v) is 13.3. The first-order chi connectivity index (χ1) is 9.71. The molecule has 3 N–H and O–H groups in total. The molecule has 0 spiro atoms. The molecular formula is C16H24N2O3. The lowest BCUT2D eigenvalue weighted by molar-refractivity contribution is -0.134. The van der Waals surface area contributed by atoms with E-state index in [4.69, 9.17) is 0 Å². The minimum absolute atomic E-state index is 0.295. The highest BCUT2D eigenvalue weighted by Crippen LogP contribution is 2.22. The molecule has 21 heavy (non-hydrogen) atoms. The number of carbonyl (C=O) groups excluding carboxylic acids is 2. The maximum Gasteiger partial charge on any atom is 0.249 e. The van der Waals surface area contributed by atoms with E-state index in [-0.39, 0.29) is 5.91 Å². The summed E-state index contributed by atoms with van der Waals surface area (Å²) in [7, 11) is 0. The molecular weight excluding hydrogens is 268 g/mol. The van der Waals surface area contributed by atoms with Gasteiger partial charge in [-0.25, -0.2) is 0 Å². The second-order valence-electron chi connectivity index (χ2n) is 5.57. The number of aryl methyl sites for hydroxylation is 2. The van der Waals surface area contributed by atoms with Crippen LogP contribution < -0.4 is 10.6 Å². The smallest absolute Gasteiger partial charge is 0.249 e. The largest absolute Gasteiger partial charge is 0.384 e. The van der Waals surface area contributed by atoms with Crippen LogP contribution in [0.2, 0.25) is 0 Å². The van der Waals surface area contributed by atoms with Gasteiger partial charge in [-0.2, -0.15) is 0 Å². The van der Waals surface area contributed by atoms with E-state index in [1.807, 2.05) is 39.0 Å². The van der Waals surface area contributed by atoms with E-state index in [1.165, 1.54) is 6.92 Å². The molecule has 1 aromatic rings. The highest BCUT2D eigenvalue weighted by atomic mass is 16.3. The molecule has 2 amide bonds. The molecule has 0 aliphatic rings. The summed E-state index contributed by atoms with van der Waals surface area (Å²) in [6, 6.07) is 5.76. The first-order valence-electron chi connectivity index (χ1n) is 7.09. The van der Waals surface area contributed by atoms with Gasteiger partial charge in [-0.3, -0.25) is 9.59 Å². The van der Waals surface area contributed by atoms with Gasteiger partial charge in [-0.15, -0.1) is 0 Å². The van der Waals surface area contributed by atoms with Gasteiger partial charge in [0.15, 0.2) is 0 Å². The van der Waals surface area contributed by atoms with Crippen molar-refractivity contribution in [1.29, 1.82) is 0 Å². The molecule has 2 atom stereocenters. The Bertz CT molecular complexity index is 520. The van der Waals surface area contributed by atoms with Crippen molar-refractivity contribution in [3.8, 4) is 0 Å². The summed E-state index contributed by atoms with van der Waals surface area (Å²) in [6.45, 7) is 8.66. The van der Waals surface area contributed by atoms with Gasteiger partial charge in [0, 0.05) is 5.69 Å². The Kier molecular flexibility index (Phi) is 5.49. The van der Waals surface area contributed by atoms with Crippen LogP contribution in [0.4, 0.5) is 5.69 Å². The highest BCUT2D eigenvalue weighted by Gasteiger charge is 2.34. The van der Waals surface area contributed by atoms with Gasteiger partial charge in [0.05, 0.1) is 0 Å². The number of para-hydroxylation sites is 1. The molecule has 0 radical (unpaired) electrons. The molecule has 1 rings (SSSR count). The number of hydrogen-bond donors (Lipinski definition) is 3. The average Bonchev–Trinajstić information content (AvgIpc) is 2.42. The van der Waals surface area contributed by atoms with Crippen molar-refractivity contribution in [1.82, 2.24) is 5.32 Å². The first kappa shape index (κ1) is 17.2. The summed E-state index contributed by atoms with van der Waals surface area (Å²) in [5.74, 6) is -0.854. The van der Waals surface area contributed by atoms with E-state index in [9.17, 15) is 14.7 Å². The molecule has 0 aromatic heterocycles. The lowest BCUT2D eigenvalue weighted by Crippen LogP contribution is -2.56. The van der Waals surface area contributed by atoms with Gasteiger partial charge in [-0.05, 0) is 45.2 Å². The van der Waals surface area contributed by atoms with Gasteiger partial charge in [0.1, 0.15) is 11.6 Å². The standard InChI is InChI=1S/C16H24N2O3/c1-6-16(5,18-14(20)12(4)19)15(21)17-13-10(2)8-7-9-11(13)3/h7-9,12,19H,6H2,1-5H3,(H,17,21)(H,18,20)/t12-,16+/m0/s1. The SMILES string of the molecule is CC[C@@](C)(NC(=O)[C@H](C)O)C(=O)Nc1c(C)cccc1C. The number of amides is 2. The van der Waals surface area contributed by atoms with Crippen molar-refractivity contribution < 1.29 is 14.7 Å². The number of carbonyl (C=O) groups is 2. The van der Waals surface area contributed by atoms with Crippen molar-refractivity contribution in [3.63, 3.8) is 0 Å². The fourth-order valence-corrected chi connectivity index (χ4v) is 1.95. The minimum Gasteiger partial charge on any atom is -0.384 e. The maximum absolute atomic E-state index is 12.5. The molecule has 0 saturated carbocycles. The number of nitrogens with one attached hydrogen (secondary N) is 2. The Morgan fingerprint density at radius 3 is 2.24 bits per heavy atom. The zero-order valence-electron chi connectivity index (χ0n) is 13.3. The molecule has 0 aliphatic heterocycles. The number of hydrogen-bond acceptors (Lipinski definition) is 3. The lowest BCUT2D eigenvalue weighted by atomic mass is 9.96. The molecule has 0 aliphatic carbocycles. The topological polar surface area (TPSA) is 78.4 Å². The van der Waals surface area contributed by atoms with Gasteiger partial charge in [-0.1, -0.05) is 25.1 Å². The molecule has 0 bridgehead atoms. The average molecular weight is 292 g/mol. The summed E-state index contributed by atoms with van der Waals surface area (Å²) in [5, 5.41) is 14.8. The van der Waals surface area contributed by atoms with Crippen molar-refractivity contribution in [2.45, 2.75) is 52.7 Å². The second kappa shape index (κ2) is 6.72. The van der Waals surface area contributed by atoms with Crippen LogP contribution in [0.25, 0.3) is 0 Å². The predicted octanol–water partition coefficient (Wildman–Crippen LogP) is 1.91. The number of rotatable bonds is 5. The Morgan fingerprint density at radius 2 is 1.81 bits per heavy atom. The quantitative estimate of drug-likeness (QED) is 0.775. The fraction of sp³-hybridized carbons (Fsp3) is 0.500. The van der Waals surface area contributed by atoms with Gasteiger partial charge >= 0.3 is 0 Å². The van der Waals surface area contributed by atoms with Crippen LogP contribution in [0.5, 0.6) is 0 Å². The van der Waals surface area contributed by atoms with Crippen LogP contribution >= 0.6 is 0 Å². The molecule has 0 heterocycles. The molecule has 5 heteroatoms. The molecule has 0 saturated heterocycles. The lowest BCUT2D eigenvalue weighted by Gasteiger charge is -2.29. The maximum atomic E-state index is 12.5. The molecule has 0 unspecified atom stereocenters. The number of aliphatic hydroxyl groups is 1. The van der Waals surface area contributed by atoms with Crippen LogP contribution in [0.3, 0.4) is 0 Å². The second-order valence-corrected chi connectivity index (χ2v) is 5.57. The van der Waals surface area contributed by atoms with Gasteiger partial charge in [0.25, 0.3) is 0 Å². The fourth-order valence-electron chi connectivity index (χ4n) is 1.95. The third-order valence-electron chi connectivity index (χ3n) is 3.71. The van der Waals surface area contributed by atoms with Crippen molar-refractivity contribution in [2.75, 3.05) is 5.32 Å². The third-order valence-corrected chi connectivity index (χ3v) is 3.71. The van der Waals surface area contributed by atoms with Crippen molar-refractivity contribution in [2.24, 2.45) is 0 Å². The number of anilines is 1. The zero-order chi connectivity index (χ0) is 16.2. The monoisotopic (exact) mass is 292 g/mol. The van der Waals surface area contributed by atoms with Crippen molar-refractivity contribution in [3.05, 3.63) is 29.3 Å². The summed E-state index contributed by atoms with van der Waals surface area (Å²) in [4.78, 5) is 24.2. The normalized spacial score (nSPS) is 15.0. The van der Waals surface area contributed by atoms with Crippen LogP contribution in [0, 0.1) is 13.8 Å². The van der Waals surface area contributed by atoms with E-state index in [0.29, 0.717) is 6.42 Å². The molecule has 0 fully saturated rings. The van der Waals surface area contributed by atoms with E-state index in [0.717, 1.165) is 16.8 Å². The first-order valence-corrected chi connectivity index (χ1v) is 7.09. The Labute approximate surface area is 125 Å². The van der Waals surface area contributed by atoms with Crippen LogP contribution in [0.15, 0.2) is 18.2 Å². The van der Waals surface area contributed by atoms with E-state index in [2.05, 4.69) is 10.6 Å². The molecule has 1 aromatic carbocycles. The molecule has 116 valence electrons. The van der Waals surface area contributed by atoms with E-state index >= 15 is 0 Å². The molecule has 5 nitrogen and oxygen atoms in total. The highest BCUT2D eigenvalue weighted by molar-refractivity contribution is 6.01.